The topological polar surface area (TPSA) is 118 Å². The summed E-state index contributed by atoms with van der Waals surface area (Å²) in [4.78, 5) is 52.1. The number of aromatic nitrogens is 3. The van der Waals surface area contributed by atoms with Crippen LogP contribution in [-0.4, -0.2) is 67.4 Å². The molecule has 4 heterocycles. The first kappa shape index (κ1) is 23.6. The number of ether oxygens (including phenoxy) is 1. The van der Waals surface area contributed by atoms with Crippen molar-refractivity contribution in [1.82, 2.24) is 19.4 Å². The molecule has 1 N–H and O–H groups in total. The number of carbonyl (C=O) groups excluding carboxylic acids is 1. The molecular weight excluding hydrogens is 450 g/mol. The Kier molecular flexibility index (Phi) is 5.34. The summed E-state index contributed by atoms with van der Waals surface area (Å²) in [5.74, 6) is -1.07. The lowest BCUT2D eigenvalue weighted by molar-refractivity contribution is -0.140. The highest BCUT2D eigenvalue weighted by Crippen LogP contribution is 2.45. The SMILES string of the molecule is Cc1nc2c(=O)c(N3CCN(C(=O)OC(C)(C)C)[C@H]4CC[C@@H]43)c3n(c2nc1C)[C@@H](C(=O)O)CC3C. The van der Waals surface area contributed by atoms with Gasteiger partial charge in [0.05, 0.1) is 23.1 Å². The number of aryl methyl sites for hydroxylation is 2. The number of amides is 1. The van der Waals surface area contributed by atoms with Crippen molar-refractivity contribution in [2.24, 2.45) is 0 Å². The van der Waals surface area contributed by atoms with Gasteiger partial charge in [0, 0.05) is 25.0 Å². The van der Waals surface area contributed by atoms with Crippen LogP contribution >= 0.6 is 0 Å². The second kappa shape index (κ2) is 7.93. The van der Waals surface area contributed by atoms with Crippen LogP contribution in [-0.2, 0) is 9.53 Å². The maximum Gasteiger partial charge on any atom is 0.410 e. The number of carbonyl (C=O) groups is 2. The quantitative estimate of drug-likeness (QED) is 0.692. The highest BCUT2D eigenvalue weighted by Gasteiger charge is 2.49. The molecule has 10 nitrogen and oxygen atoms in total. The summed E-state index contributed by atoms with van der Waals surface area (Å²) >= 11 is 0. The maximum atomic E-state index is 13.9. The van der Waals surface area contributed by atoms with Crippen molar-refractivity contribution in [3.8, 4) is 0 Å². The second-order valence-corrected chi connectivity index (χ2v) is 11.1. The summed E-state index contributed by atoms with van der Waals surface area (Å²) in [6, 6.07) is -0.882. The number of piperazine rings is 1. The van der Waals surface area contributed by atoms with Gasteiger partial charge >= 0.3 is 12.1 Å². The summed E-state index contributed by atoms with van der Waals surface area (Å²) < 4.78 is 7.36. The molecule has 2 aromatic heterocycles. The number of pyridine rings is 1. The van der Waals surface area contributed by atoms with Crippen molar-refractivity contribution in [1.29, 1.82) is 0 Å². The average molecular weight is 484 g/mol. The van der Waals surface area contributed by atoms with Crippen LogP contribution in [0.25, 0.3) is 11.2 Å². The monoisotopic (exact) mass is 483 g/mol. The van der Waals surface area contributed by atoms with Crippen LogP contribution in [0.5, 0.6) is 0 Å². The standard InChI is InChI=1S/C25H33N5O5/c1-12-11-17(23(32)33)30-19(12)20(21(31)18-22(30)27-14(3)13(2)26-18)28-9-10-29(16-8-7-15(16)28)24(34)35-25(4,5)6/h12,15-17H,7-11H2,1-6H3,(H,32,33)/t12?,15-,16-,17+/m0/s1. The van der Waals surface area contributed by atoms with Crippen LogP contribution < -0.4 is 10.3 Å². The lowest BCUT2D eigenvalue weighted by Gasteiger charge is -2.54. The molecule has 188 valence electrons. The molecule has 2 fully saturated rings. The van der Waals surface area contributed by atoms with Crippen molar-refractivity contribution >= 4 is 28.9 Å². The molecule has 1 unspecified atom stereocenters. The molecule has 5 rings (SSSR count). The Morgan fingerprint density at radius 1 is 1.06 bits per heavy atom. The molecule has 0 aromatic carbocycles. The Morgan fingerprint density at radius 2 is 1.71 bits per heavy atom. The first-order chi connectivity index (χ1) is 16.4. The summed E-state index contributed by atoms with van der Waals surface area (Å²) in [7, 11) is 0. The van der Waals surface area contributed by atoms with E-state index in [1.165, 1.54) is 0 Å². The van der Waals surface area contributed by atoms with Crippen LogP contribution in [0.2, 0.25) is 0 Å². The molecule has 1 amide bonds. The van der Waals surface area contributed by atoms with Gasteiger partial charge in [-0.15, -0.1) is 0 Å². The number of rotatable bonds is 2. The van der Waals surface area contributed by atoms with Crippen molar-refractivity contribution in [3.05, 3.63) is 27.3 Å². The van der Waals surface area contributed by atoms with Crippen LogP contribution in [0.3, 0.4) is 0 Å². The summed E-state index contributed by atoms with van der Waals surface area (Å²) in [5, 5.41) is 10.0. The number of fused-ring (bicyclic) bond motifs is 4. The first-order valence-electron chi connectivity index (χ1n) is 12.3. The fraction of sp³-hybridized carbons (Fsp3) is 0.640. The summed E-state index contributed by atoms with van der Waals surface area (Å²) in [6.45, 7) is 12.0. The van der Waals surface area contributed by atoms with E-state index in [1.54, 1.807) is 16.4 Å². The molecule has 10 heteroatoms. The van der Waals surface area contributed by atoms with Gasteiger partial charge in [0.2, 0.25) is 5.43 Å². The Hall–Kier alpha value is -3.17. The molecule has 4 atom stereocenters. The smallest absolute Gasteiger partial charge is 0.410 e. The van der Waals surface area contributed by atoms with E-state index in [0.717, 1.165) is 12.8 Å². The van der Waals surface area contributed by atoms with Crippen molar-refractivity contribution in [3.63, 3.8) is 0 Å². The molecule has 3 aliphatic rings. The molecule has 0 radical (unpaired) electrons. The zero-order chi connectivity index (χ0) is 25.4. The van der Waals surface area contributed by atoms with E-state index in [4.69, 9.17) is 4.74 Å². The van der Waals surface area contributed by atoms with Gasteiger partial charge in [-0.3, -0.25) is 4.79 Å². The fourth-order valence-corrected chi connectivity index (χ4v) is 5.76. The zero-order valence-corrected chi connectivity index (χ0v) is 21.2. The van der Waals surface area contributed by atoms with E-state index in [0.29, 0.717) is 47.9 Å². The zero-order valence-electron chi connectivity index (χ0n) is 21.2. The molecular formula is C25H33N5O5. The normalized spacial score (nSPS) is 25.8. The van der Waals surface area contributed by atoms with E-state index in [9.17, 15) is 19.5 Å². The van der Waals surface area contributed by atoms with Gasteiger partial charge in [-0.25, -0.2) is 19.6 Å². The number of carboxylic acids is 1. The number of hydrogen-bond acceptors (Lipinski definition) is 7. The molecule has 2 aliphatic heterocycles. The van der Waals surface area contributed by atoms with Gasteiger partial charge < -0.3 is 24.2 Å². The molecule has 0 spiro atoms. The Labute approximate surface area is 203 Å². The van der Waals surface area contributed by atoms with Crippen molar-refractivity contribution in [2.45, 2.75) is 90.4 Å². The number of hydrogen-bond donors (Lipinski definition) is 1. The van der Waals surface area contributed by atoms with E-state index in [1.807, 2.05) is 34.6 Å². The maximum absolute atomic E-state index is 13.9. The van der Waals surface area contributed by atoms with Crippen molar-refractivity contribution in [2.75, 3.05) is 18.0 Å². The number of anilines is 1. The van der Waals surface area contributed by atoms with Crippen LogP contribution in [0.1, 0.15) is 76.0 Å². The largest absolute Gasteiger partial charge is 0.480 e. The minimum atomic E-state index is -0.942. The highest BCUT2D eigenvalue weighted by atomic mass is 16.6. The Balaban J connectivity index is 1.63. The highest BCUT2D eigenvalue weighted by molar-refractivity contribution is 5.83. The Bertz CT molecular complexity index is 1300. The molecule has 1 saturated heterocycles. The summed E-state index contributed by atoms with van der Waals surface area (Å²) in [6.07, 6.45) is 1.74. The van der Waals surface area contributed by atoms with Gasteiger partial charge in [-0.1, -0.05) is 6.92 Å². The van der Waals surface area contributed by atoms with E-state index < -0.39 is 17.6 Å². The lowest BCUT2D eigenvalue weighted by atomic mass is 9.81. The van der Waals surface area contributed by atoms with Crippen molar-refractivity contribution < 1.29 is 19.4 Å². The third kappa shape index (κ3) is 3.65. The number of carboxylic acid groups (broad SMARTS) is 1. The third-order valence-corrected chi connectivity index (χ3v) is 7.59. The minimum absolute atomic E-state index is 0.0262. The average Bonchev–Trinajstić information content (AvgIpc) is 3.06. The molecule has 1 saturated carbocycles. The second-order valence-electron chi connectivity index (χ2n) is 11.1. The predicted octanol–water partition coefficient (Wildman–Crippen LogP) is 3.13. The van der Waals surface area contributed by atoms with Crippen LogP contribution in [0.15, 0.2) is 4.79 Å². The fourth-order valence-electron chi connectivity index (χ4n) is 5.76. The predicted molar refractivity (Wildman–Crippen MR) is 130 cm³/mol. The summed E-state index contributed by atoms with van der Waals surface area (Å²) in [5.41, 5.74) is 2.30. The Morgan fingerprint density at radius 3 is 2.31 bits per heavy atom. The van der Waals surface area contributed by atoms with Gasteiger partial charge in [0.25, 0.3) is 0 Å². The minimum Gasteiger partial charge on any atom is -0.480 e. The van der Waals surface area contributed by atoms with E-state index >= 15 is 0 Å². The molecule has 0 bridgehead atoms. The van der Waals surface area contributed by atoms with Crippen LogP contribution in [0.4, 0.5) is 10.5 Å². The third-order valence-electron chi connectivity index (χ3n) is 7.59. The molecule has 35 heavy (non-hydrogen) atoms. The van der Waals surface area contributed by atoms with E-state index in [2.05, 4.69) is 14.9 Å². The van der Waals surface area contributed by atoms with Crippen LogP contribution in [0, 0.1) is 13.8 Å². The van der Waals surface area contributed by atoms with Gasteiger partial charge in [-0.05, 0) is 53.9 Å². The van der Waals surface area contributed by atoms with Gasteiger partial charge in [0.1, 0.15) is 17.3 Å². The van der Waals surface area contributed by atoms with Gasteiger partial charge in [0.15, 0.2) is 11.2 Å². The lowest BCUT2D eigenvalue weighted by Crippen LogP contribution is -2.67. The van der Waals surface area contributed by atoms with E-state index in [-0.39, 0.29) is 35.0 Å². The number of aliphatic carboxylic acids is 1. The number of nitrogens with zero attached hydrogens (tertiary/aromatic N) is 5. The van der Waals surface area contributed by atoms with Gasteiger partial charge in [-0.2, -0.15) is 0 Å². The molecule has 1 aliphatic carbocycles. The first-order valence-corrected chi connectivity index (χ1v) is 12.3. The molecule has 2 aromatic rings.